The zero-order valence-corrected chi connectivity index (χ0v) is 12.1. The van der Waals surface area contributed by atoms with Crippen molar-refractivity contribution in [2.24, 2.45) is 11.5 Å². The number of anilines is 1. The first kappa shape index (κ1) is 49.5. The first-order chi connectivity index (χ1) is 8.76. The molecule has 0 aliphatic carbocycles. The van der Waals surface area contributed by atoms with Crippen molar-refractivity contribution in [3.8, 4) is 0 Å². The summed E-state index contributed by atoms with van der Waals surface area (Å²) >= 11 is 0. The molecule has 0 bridgehead atoms. The maximum atomic E-state index is 5.15. The Kier molecular flexibility index (Phi) is 102. The van der Waals surface area contributed by atoms with Crippen LogP contribution in [-0.2, 0) is 0 Å². The predicted molar refractivity (Wildman–Crippen MR) is 123 cm³/mol. The van der Waals surface area contributed by atoms with Crippen LogP contribution in [0.1, 0.15) is 65.3 Å². The molecule has 4 nitrogen and oxygen atoms in total. The van der Waals surface area contributed by atoms with Crippen LogP contribution >= 0.6 is 0 Å². The van der Waals surface area contributed by atoms with E-state index in [9.17, 15) is 0 Å². The van der Waals surface area contributed by atoms with Crippen LogP contribution in [0, 0.1) is 0 Å². The third kappa shape index (κ3) is 49.7. The average molecular weight is 351 g/mol. The molecule has 0 fully saturated rings. The van der Waals surface area contributed by atoms with Gasteiger partial charge in [0.25, 0.3) is 0 Å². The highest BCUT2D eigenvalue weighted by Gasteiger charge is 1.81. The Hall–Kier alpha value is -1.10. The first-order valence-corrected chi connectivity index (χ1v) is 6.66. The van der Waals surface area contributed by atoms with Gasteiger partial charge >= 0.3 is 0 Å². The largest absolute Gasteiger partial charge is 0.385 e. The summed E-state index contributed by atoms with van der Waals surface area (Å²) in [5.74, 6) is 0. The molecule has 24 heavy (non-hydrogen) atoms. The number of benzene rings is 1. The summed E-state index contributed by atoms with van der Waals surface area (Å²) in [5, 5.41) is 6.28. The van der Waals surface area contributed by atoms with Crippen LogP contribution in [-0.4, -0.2) is 32.7 Å². The summed E-state index contributed by atoms with van der Waals surface area (Å²) in [6.45, 7) is 10.5. The second-order valence-corrected chi connectivity index (χ2v) is 3.45. The molecule has 4 heteroatoms. The standard InChI is InChI=1S/C8H11N.C4H12N2.C2H7N.6CH4/c1-2-9-8-6-4-3-5-7-8;1-2-6-4-3-5;1-2-3;;;;;;/h3-7,9H,2H2,1H3;6H,2-5H2,1H3;2-3H2,1H3;6*1H4. The van der Waals surface area contributed by atoms with Gasteiger partial charge in [0.15, 0.2) is 0 Å². The van der Waals surface area contributed by atoms with Gasteiger partial charge in [-0.05, 0) is 32.1 Å². The Morgan fingerprint density at radius 2 is 1.17 bits per heavy atom. The van der Waals surface area contributed by atoms with Crippen LogP contribution in [0.2, 0.25) is 0 Å². The van der Waals surface area contributed by atoms with Gasteiger partial charge in [-0.15, -0.1) is 0 Å². The van der Waals surface area contributed by atoms with Crippen LogP contribution < -0.4 is 22.1 Å². The van der Waals surface area contributed by atoms with Crippen molar-refractivity contribution in [2.45, 2.75) is 65.3 Å². The lowest BCUT2D eigenvalue weighted by Crippen LogP contribution is -2.21. The number of rotatable bonds is 5. The molecule has 0 aliphatic rings. The van der Waals surface area contributed by atoms with Crippen LogP contribution in [0.15, 0.2) is 30.3 Å². The van der Waals surface area contributed by atoms with Gasteiger partial charge in [0.2, 0.25) is 0 Å². The molecule has 1 rings (SSSR count). The summed E-state index contributed by atoms with van der Waals surface area (Å²) in [4.78, 5) is 0. The summed E-state index contributed by atoms with van der Waals surface area (Å²) < 4.78 is 0. The molecule has 0 radical (unpaired) electrons. The molecular formula is C20H54N4. The smallest absolute Gasteiger partial charge is 0.0340 e. The second kappa shape index (κ2) is 49.5. The van der Waals surface area contributed by atoms with Gasteiger partial charge in [-0.2, -0.15) is 0 Å². The third-order valence-electron chi connectivity index (χ3n) is 1.73. The Morgan fingerprint density at radius 1 is 0.750 bits per heavy atom. The Labute approximate surface area is 156 Å². The third-order valence-corrected chi connectivity index (χ3v) is 1.73. The number of hydrogen-bond donors (Lipinski definition) is 4. The van der Waals surface area contributed by atoms with Gasteiger partial charge in [-0.25, -0.2) is 0 Å². The number of para-hydroxylation sites is 1. The molecule has 0 aliphatic heterocycles. The molecule has 0 unspecified atom stereocenters. The van der Waals surface area contributed by atoms with Crippen molar-refractivity contribution in [2.75, 3.05) is 38.0 Å². The zero-order valence-electron chi connectivity index (χ0n) is 12.1. The Balaban J connectivity index is -0.0000000259. The van der Waals surface area contributed by atoms with Crippen LogP contribution in [0.25, 0.3) is 0 Å². The molecule has 1 aromatic rings. The van der Waals surface area contributed by atoms with Gasteiger partial charge in [0.1, 0.15) is 0 Å². The van der Waals surface area contributed by atoms with E-state index in [2.05, 4.69) is 36.6 Å². The minimum absolute atomic E-state index is 0. The molecule has 1 aromatic carbocycles. The van der Waals surface area contributed by atoms with Crippen molar-refractivity contribution in [3.05, 3.63) is 30.3 Å². The van der Waals surface area contributed by atoms with Crippen molar-refractivity contribution in [1.82, 2.24) is 5.32 Å². The SMILES string of the molecule is C.C.C.C.C.C.CCN.CCNCCN.CCNc1ccccc1. The van der Waals surface area contributed by atoms with E-state index >= 15 is 0 Å². The molecule has 0 spiro atoms. The van der Waals surface area contributed by atoms with Gasteiger partial charge < -0.3 is 22.1 Å². The van der Waals surface area contributed by atoms with E-state index in [1.54, 1.807) is 0 Å². The van der Waals surface area contributed by atoms with Crippen LogP contribution in [0.4, 0.5) is 5.69 Å². The molecule has 0 aromatic heterocycles. The summed E-state index contributed by atoms with van der Waals surface area (Å²) in [6, 6.07) is 10.2. The number of hydrogen-bond acceptors (Lipinski definition) is 4. The Morgan fingerprint density at radius 3 is 1.42 bits per heavy atom. The molecule has 0 amide bonds. The van der Waals surface area contributed by atoms with E-state index in [1.165, 1.54) is 5.69 Å². The lowest BCUT2D eigenvalue weighted by molar-refractivity contribution is 0.725. The molecule has 6 N–H and O–H groups in total. The van der Waals surface area contributed by atoms with Crippen LogP contribution in [0.5, 0.6) is 0 Å². The quantitative estimate of drug-likeness (QED) is 0.532. The maximum absolute atomic E-state index is 5.15. The number of nitrogens with one attached hydrogen (secondary N) is 2. The van der Waals surface area contributed by atoms with E-state index in [-0.39, 0.29) is 44.6 Å². The van der Waals surface area contributed by atoms with Crippen molar-refractivity contribution < 1.29 is 0 Å². The van der Waals surface area contributed by atoms with E-state index in [0.29, 0.717) is 0 Å². The van der Waals surface area contributed by atoms with Gasteiger partial charge in [0, 0.05) is 25.3 Å². The lowest BCUT2D eigenvalue weighted by Gasteiger charge is -1.99. The van der Waals surface area contributed by atoms with Gasteiger partial charge in [0.05, 0.1) is 0 Å². The van der Waals surface area contributed by atoms with Crippen molar-refractivity contribution in [3.63, 3.8) is 0 Å². The van der Waals surface area contributed by atoms with E-state index < -0.39 is 0 Å². The molecule has 0 heterocycles. The monoisotopic (exact) mass is 350 g/mol. The molecular weight excluding hydrogens is 296 g/mol. The van der Waals surface area contributed by atoms with Gasteiger partial charge in [-0.1, -0.05) is 76.6 Å². The molecule has 0 atom stereocenters. The highest BCUT2D eigenvalue weighted by molar-refractivity contribution is 5.41. The summed E-state index contributed by atoms with van der Waals surface area (Å²) in [6.07, 6.45) is 0. The van der Waals surface area contributed by atoms with Crippen molar-refractivity contribution >= 4 is 5.69 Å². The fourth-order valence-electron chi connectivity index (χ4n) is 1.04. The predicted octanol–water partition coefficient (Wildman–Crippen LogP) is 5.45. The van der Waals surface area contributed by atoms with Crippen molar-refractivity contribution in [1.29, 1.82) is 0 Å². The van der Waals surface area contributed by atoms with E-state index in [4.69, 9.17) is 11.5 Å². The minimum Gasteiger partial charge on any atom is -0.385 e. The maximum Gasteiger partial charge on any atom is 0.0340 e. The second-order valence-electron chi connectivity index (χ2n) is 3.45. The van der Waals surface area contributed by atoms with E-state index in [0.717, 1.165) is 32.7 Å². The lowest BCUT2D eigenvalue weighted by atomic mass is 10.3. The molecule has 0 saturated heterocycles. The van der Waals surface area contributed by atoms with E-state index in [1.807, 2.05) is 25.1 Å². The highest BCUT2D eigenvalue weighted by atomic mass is 14.9. The highest BCUT2D eigenvalue weighted by Crippen LogP contribution is 2.02. The Bertz CT molecular complexity index is 224. The summed E-state index contributed by atoms with van der Waals surface area (Å²) in [7, 11) is 0. The average Bonchev–Trinajstić information content (AvgIpc) is 2.40. The first-order valence-electron chi connectivity index (χ1n) is 6.66. The minimum atomic E-state index is 0. The van der Waals surface area contributed by atoms with Gasteiger partial charge in [-0.3, -0.25) is 0 Å². The topological polar surface area (TPSA) is 76.1 Å². The normalized spacial score (nSPS) is 6.38. The number of nitrogens with two attached hydrogens (primary N) is 2. The number of likely N-dealkylation sites (N-methyl/N-ethyl adjacent to an activating group) is 1. The molecule has 0 saturated carbocycles. The summed E-state index contributed by atoms with van der Waals surface area (Å²) in [5.41, 5.74) is 11.2. The fraction of sp³-hybridized carbons (Fsp3) is 0.700. The molecule has 154 valence electrons. The zero-order chi connectivity index (χ0) is 14.1. The van der Waals surface area contributed by atoms with Crippen LogP contribution in [0.3, 0.4) is 0 Å². The fourth-order valence-corrected chi connectivity index (χ4v) is 1.04.